The van der Waals surface area contributed by atoms with Crippen LogP contribution in [0.2, 0.25) is 0 Å². The lowest BCUT2D eigenvalue weighted by molar-refractivity contribution is -0.118. The first-order valence-electron chi connectivity index (χ1n) is 8.02. The maximum Gasteiger partial charge on any atom is 0.271 e. The molecule has 3 N–H and O–H groups in total. The molecule has 0 saturated carbocycles. The first-order chi connectivity index (χ1) is 12.4. The van der Waals surface area contributed by atoms with Crippen LogP contribution < -0.4 is 15.5 Å². The minimum atomic E-state index is -0.381. The highest BCUT2D eigenvalue weighted by Crippen LogP contribution is 2.25. The van der Waals surface area contributed by atoms with Gasteiger partial charge in [0.1, 0.15) is 0 Å². The van der Waals surface area contributed by atoms with Gasteiger partial charge >= 0.3 is 0 Å². The van der Waals surface area contributed by atoms with Crippen molar-refractivity contribution in [2.24, 2.45) is 11.0 Å². The molecular weight excluding hydrogens is 334 g/mol. The van der Waals surface area contributed by atoms with Crippen LogP contribution in [0.4, 0.5) is 5.69 Å². The zero-order valence-corrected chi connectivity index (χ0v) is 14.8. The molecule has 0 heterocycles. The molecule has 2 aromatic carbocycles. The van der Waals surface area contributed by atoms with Gasteiger partial charge in [0.05, 0.1) is 13.3 Å². The number of nitrogens with zero attached hydrogens (tertiary/aromatic N) is 1. The van der Waals surface area contributed by atoms with Crippen molar-refractivity contribution in [3.63, 3.8) is 0 Å². The van der Waals surface area contributed by atoms with Crippen molar-refractivity contribution in [2.45, 2.75) is 13.8 Å². The molecular formula is C19H21N3O4. The summed E-state index contributed by atoms with van der Waals surface area (Å²) in [4.78, 5) is 23.7. The second-order valence-corrected chi connectivity index (χ2v) is 5.85. The first-order valence-corrected chi connectivity index (χ1v) is 8.02. The molecule has 7 nitrogen and oxygen atoms in total. The van der Waals surface area contributed by atoms with E-state index >= 15 is 0 Å². The van der Waals surface area contributed by atoms with Crippen LogP contribution in [-0.2, 0) is 4.79 Å². The summed E-state index contributed by atoms with van der Waals surface area (Å²) in [5, 5.41) is 16.2. The number of amides is 2. The largest absolute Gasteiger partial charge is 0.504 e. The van der Waals surface area contributed by atoms with Crippen molar-refractivity contribution in [2.75, 3.05) is 12.4 Å². The molecule has 7 heteroatoms. The Bertz CT molecular complexity index is 814. The van der Waals surface area contributed by atoms with Crippen molar-refractivity contribution < 1.29 is 19.4 Å². The molecule has 0 fully saturated rings. The highest BCUT2D eigenvalue weighted by molar-refractivity contribution is 5.96. The molecule has 0 unspecified atom stereocenters. The number of hydrogen-bond acceptors (Lipinski definition) is 5. The fourth-order valence-corrected chi connectivity index (χ4v) is 2.00. The highest BCUT2D eigenvalue weighted by atomic mass is 16.5. The average molecular weight is 355 g/mol. The average Bonchev–Trinajstić information content (AvgIpc) is 2.63. The van der Waals surface area contributed by atoms with Gasteiger partial charge in [0.15, 0.2) is 11.5 Å². The summed E-state index contributed by atoms with van der Waals surface area (Å²) in [6, 6.07) is 11.2. The summed E-state index contributed by atoms with van der Waals surface area (Å²) >= 11 is 0. The summed E-state index contributed by atoms with van der Waals surface area (Å²) in [5.41, 5.74) is 4.11. The molecule has 136 valence electrons. The van der Waals surface area contributed by atoms with E-state index in [9.17, 15) is 14.7 Å². The van der Waals surface area contributed by atoms with E-state index < -0.39 is 0 Å². The van der Waals surface area contributed by atoms with Crippen LogP contribution in [0.3, 0.4) is 0 Å². The van der Waals surface area contributed by atoms with Crippen LogP contribution >= 0.6 is 0 Å². The monoisotopic (exact) mass is 355 g/mol. The molecule has 0 aliphatic heterocycles. The number of rotatable bonds is 6. The zero-order chi connectivity index (χ0) is 19.1. The number of methoxy groups -OCH3 is 1. The van der Waals surface area contributed by atoms with Gasteiger partial charge < -0.3 is 15.2 Å². The van der Waals surface area contributed by atoms with E-state index in [1.165, 1.54) is 19.4 Å². The van der Waals surface area contributed by atoms with Crippen molar-refractivity contribution in [3.05, 3.63) is 53.6 Å². The summed E-state index contributed by atoms with van der Waals surface area (Å²) in [6.45, 7) is 3.61. The van der Waals surface area contributed by atoms with E-state index in [1.54, 1.807) is 50.2 Å². The van der Waals surface area contributed by atoms with Gasteiger partial charge in [-0.15, -0.1) is 0 Å². The van der Waals surface area contributed by atoms with E-state index in [1.807, 2.05) is 0 Å². The van der Waals surface area contributed by atoms with Crippen LogP contribution in [-0.4, -0.2) is 30.2 Å². The Kier molecular flexibility index (Phi) is 6.32. The third-order valence-corrected chi connectivity index (χ3v) is 3.52. The van der Waals surface area contributed by atoms with Crippen LogP contribution in [0.25, 0.3) is 0 Å². The Labute approximate surface area is 151 Å². The topological polar surface area (TPSA) is 100 Å². The highest BCUT2D eigenvalue weighted by Gasteiger charge is 2.08. The molecule has 2 aromatic rings. The van der Waals surface area contributed by atoms with Gasteiger partial charge in [-0.25, -0.2) is 5.43 Å². The lowest BCUT2D eigenvalue weighted by Gasteiger charge is -2.08. The number of carbonyl (C=O) groups is 2. The van der Waals surface area contributed by atoms with Gasteiger partial charge in [0, 0.05) is 17.2 Å². The summed E-state index contributed by atoms with van der Waals surface area (Å²) < 4.78 is 5.01. The third-order valence-electron chi connectivity index (χ3n) is 3.52. The predicted molar refractivity (Wildman–Crippen MR) is 99.6 cm³/mol. The second-order valence-electron chi connectivity index (χ2n) is 5.85. The molecule has 0 aliphatic rings. The Hall–Kier alpha value is -3.35. The van der Waals surface area contributed by atoms with Gasteiger partial charge in [0.2, 0.25) is 5.91 Å². The van der Waals surface area contributed by atoms with Crippen molar-refractivity contribution in [1.29, 1.82) is 0 Å². The number of anilines is 1. The van der Waals surface area contributed by atoms with Crippen LogP contribution in [0, 0.1) is 5.92 Å². The number of ether oxygens (including phenoxy) is 1. The summed E-state index contributed by atoms with van der Waals surface area (Å²) in [7, 11) is 1.45. The van der Waals surface area contributed by atoms with Crippen LogP contribution in [0.1, 0.15) is 29.8 Å². The molecule has 0 aliphatic carbocycles. The third kappa shape index (κ3) is 5.07. The molecule has 0 saturated heterocycles. The van der Waals surface area contributed by atoms with E-state index in [-0.39, 0.29) is 23.5 Å². The normalized spacial score (nSPS) is 10.8. The van der Waals surface area contributed by atoms with E-state index in [2.05, 4.69) is 15.8 Å². The molecule has 26 heavy (non-hydrogen) atoms. The first kappa shape index (κ1) is 19.0. The molecule has 0 bridgehead atoms. The maximum absolute atomic E-state index is 12.1. The lowest BCUT2D eigenvalue weighted by atomic mass is 10.1. The number of hydrazone groups is 1. The van der Waals surface area contributed by atoms with Crippen LogP contribution in [0.15, 0.2) is 47.6 Å². The fraction of sp³-hybridized carbons (Fsp3) is 0.211. The van der Waals surface area contributed by atoms with E-state index in [0.29, 0.717) is 22.6 Å². The minimum Gasteiger partial charge on any atom is -0.504 e. The number of benzene rings is 2. The summed E-state index contributed by atoms with van der Waals surface area (Å²) in [5.74, 6) is -0.242. The molecule has 0 aromatic heterocycles. The maximum atomic E-state index is 12.1. The Balaban J connectivity index is 1.96. The summed E-state index contributed by atoms with van der Waals surface area (Å²) in [6.07, 6.45) is 1.44. The van der Waals surface area contributed by atoms with Gasteiger partial charge in [-0.2, -0.15) is 5.10 Å². The molecule has 2 rings (SSSR count). The van der Waals surface area contributed by atoms with Gasteiger partial charge in [-0.05, 0) is 48.0 Å². The fourth-order valence-electron chi connectivity index (χ4n) is 2.00. The Morgan fingerprint density at radius 1 is 1.15 bits per heavy atom. The van der Waals surface area contributed by atoms with Crippen molar-refractivity contribution in [3.8, 4) is 11.5 Å². The standard InChI is InChI=1S/C19H21N3O4/c1-12(2)18(24)21-15-7-5-14(6-8-15)19(25)22-20-11-13-4-9-16(23)17(10-13)26-3/h4-12,23H,1-3H3,(H,21,24)(H,22,25)/b20-11-. The van der Waals surface area contributed by atoms with Gasteiger partial charge in [-0.1, -0.05) is 13.8 Å². The van der Waals surface area contributed by atoms with Crippen LogP contribution in [0.5, 0.6) is 11.5 Å². The number of phenolic OH excluding ortho intramolecular Hbond substituents is 1. The number of phenols is 1. The van der Waals surface area contributed by atoms with E-state index in [0.717, 1.165) is 0 Å². The SMILES string of the molecule is COc1cc(/C=N\NC(=O)c2ccc(NC(=O)C(C)C)cc2)ccc1O. The predicted octanol–water partition coefficient (Wildman–Crippen LogP) is 2.76. The smallest absolute Gasteiger partial charge is 0.271 e. The molecule has 0 atom stereocenters. The quantitative estimate of drug-likeness (QED) is 0.548. The molecule has 0 spiro atoms. The number of carbonyl (C=O) groups excluding carboxylic acids is 2. The number of nitrogens with one attached hydrogen (secondary N) is 2. The van der Waals surface area contributed by atoms with Gasteiger partial charge in [-0.3, -0.25) is 9.59 Å². The molecule has 2 amide bonds. The minimum absolute atomic E-state index is 0.0262. The number of hydrogen-bond donors (Lipinski definition) is 3. The Morgan fingerprint density at radius 2 is 1.85 bits per heavy atom. The van der Waals surface area contributed by atoms with Gasteiger partial charge in [0.25, 0.3) is 5.91 Å². The Morgan fingerprint density at radius 3 is 2.46 bits per heavy atom. The number of aromatic hydroxyl groups is 1. The molecule has 0 radical (unpaired) electrons. The van der Waals surface area contributed by atoms with Crippen molar-refractivity contribution >= 4 is 23.7 Å². The lowest BCUT2D eigenvalue weighted by Crippen LogP contribution is -2.19. The van der Waals surface area contributed by atoms with E-state index in [4.69, 9.17) is 4.74 Å². The zero-order valence-electron chi connectivity index (χ0n) is 14.8. The second kappa shape index (κ2) is 8.66. The van der Waals surface area contributed by atoms with Crippen molar-refractivity contribution in [1.82, 2.24) is 5.43 Å².